The van der Waals surface area contributed by atoms with E-state index >= 15 is 0 Å². The Morgan fingerprint density at radius 2 is 0.586 bits per heavy atom. The van der Waals surface area contributed by atoms with Crippen molar-refractivity contribution in [3.8, 4) is 89.5 Å². The van der Waals surface area contributed by atoms with Gasteiger partial charge in [-0.1, -0.05) is 231 Å². The molecule has 116 heavy (non-hydrogen) atoms. The lowest BCUT2D eigenvalue weighted by Gasteiger charge is -2.49. The second kappa shape index (κ2) is 29.2. The molecule has 0 fully saturated rings. The molecule has 4 aliphatic rings. The highest BCUT2D eigenvalue weighted by Gasteiger charge is 2.50. The lowest BCUT2D eigenvalue weighted by atomic mass is 9.54. The summed E-state index contributed by atoms with van der Waals surface area (Å²) in [6.07, 6.45) is 13.2. The Kier molecular flexibility index (Phi) is 19.4. The number of hydrogen-bond acceptors (Lipinski definition) is 0. The summed E-state index contributed by atoms with van der Waals surface area (Å²) in [4.78, 5) is 0. The van der Waals surface area contributed by atoms with Crippen molar-refractivity contribution < 1.29 is 18.3 Å². The number of nitrogens with zero attached hydrogens (tertiary/aromatic N) is 4. The standard InChI is InChI=1S/2C30H32N.2C26H24N/c1-19-16-17-31(7)25(18-19)26-20(2)12-14-23-27-22-11-9-8-10-21(22)13-15-24(27)29(3,4)30(5,6)28(23)26;1-19-14-15-31(7)26(16-19)27-20(2)12-13-23-24-17-21-10-8-9-11-22(21)18-25(24)29(3,4)30(5,6)28(23)27;1-17-14-15-27(3)24(16-17)25-18(2)8-12-23-22(25)13-11-20-10-9-19-6-4-5-7-21(19)26(20)23;1-17-12-13-27(3)25(14-17)26-18(2)8-10-22-23(26)11-9-21-15-19-6-4-5-7-20(19)16-24(21)22/h2*8-18H,1-7H3;4-10,12,14-16H,11,13H2,1-3H3;4-8,10,12-16H,9,11H2,1-3H3/q4*+1. The summed E-state index contributed by atoms with van der Waals surface area (Å²) in [6.45, 7) is 37.2. The summed E-state index contributed by atoms with van der Waals surface area (Å²) in [5, 5.41) is 10.7. The molecule has 4 nitrogen and oxygen atoms in total. The van der Waals surface area contributed by atoms with Crippen LogP contribution >= 0.6 is 0 Å². The second-order valence-electron chi connectivity index (χ2n) is 36.4. The Balaban J connectivity index is 0.000000111. The van der Waals surface area contributed by atoms with Crippen LogP contribution in [0.5, 0.6) is 0 Å². The molecule has 0 bridgehead atoms. The minimum absolute atomic E-state index is 0.00962. The van der Waals surface area contributed by atoms with Crippen LogP contribution in [0.1, 0.15) is 144 Å². The Hall–Kier alpha value is -11.7. The molecule has 4 heteroatoms. The monoisotopic (exact) mass is 1510 g/mol. The third kappa shape index (κ3) is 12.8. The lowest BCUT2D eigenvalue weighted by Crippen LogP contribution is -2.44. The van der Waals surface area contributed by atoms with Crippen molar-refractivity contribution in [3.05, 3.63) is 356 Å². The molecule has 0 saturated carbocycles. The molecular weight excluding hydrogens is 1400 g/mol. The molecule has 0 N–H and O–H groups in total. The zero-order valence-electron chi connectivity index (χ0n) is 72.0. The van der Waals surface area contributed by atoms with Crippen molar-refractivity contribution in [2.75, 3.05) is 0 Å². The van der Waals surface area contributed by atoms with Gasteiger partial charge in [-0.05, 0) is 287 Å². The molecule has 4 aliphatic carbocycles. The first-order chi connectivity index (χ1) is 55.5. The SMILES string of the molecule is Cc1cc[n+](C)c(-c2c(C)ccc3c2C(C)(C)C(C)(C)c2cc4ccccc4cc2-3)c1.Cc1cc[n+](C)c(-c2c(C)ccc3c2C(C)(C)C(C)(C)c2ccc4ccccc4c2-3)c1.Cc1cc[n+](C)c(-c2c(C)ccc3c2CCc2cc4ccccc4cc2-3)c1.Cc1cc[n+](C)c(-c2c(C)ccc3c2CCc2ccc4ccccc4c2-3)c1. The maximum Gasteiger partial charge on any atom is 0.213 e. The number of rotatable bonds is 4. The molecule has 16 aromatic rings. The topological polar surface area (TPSA) is 15.5 Å². The molecule has 0 unspecified atom stereocenters. The van der Waals surface area contributed by atoms with Crippen molar-refractivity contribution in [3.63, 3.8) is 0 Å². The van der Waals surface area contributed by atoms with Gasteiger partial charge < -0.3 is 0 Å². The number of benzene rings is 12. The molecule has 0 atom stereocenters. The quantitative estimate of drug-likeness (QED) is 0.156. The molecule has 0 spiro atoms. The Morgan fingerprint density at radius 3 is 1.08 bits per heavy atom. The van der Waals surface area contributed by atoms with Crippen LogP contribution in [0.25, 0.3) is 133 Å². The van der Waals surface area contributed by atoms with E-state index in [0.29, 0.717) is 0 Å². The van der Waals surface area contributed by atoms with Crippen LogP contribution < -0.4 is 18.3 Å². The van der Waals surface area contributed by atoms with Gasteiger partial charge in [-0.3, -0.25) is 0 Å². The summed E-state index contributed by atoms with van der Waals surface area (Å²) >= 11 is 0. The molecule has 20 rings (SSSR count). The number of fused-ring (bicyclic) bond motifs is 18. The zero-order valence-corrected chi connectivity index (χ0v) is 72.0. The summed E-state index contributed by atoms with van der Waals surface area (Å²) in [6, 6.07) is 90.6. The number of pyridine rings is 4. The van der Waals surface area contributed by atoms with Crippen LogP contribution in [0.2, 0.25) is 0 Å². The van der Waals surface area contributed by atoms with Crippen molar-refractivity contribution in [2.45, 2.75) is 158 Å². The fraction of sp³-hybridized carbons (Fsp3) is 0.250. The highest BCUT2D eigenvalue weighted by Crippen LogP contribution is 2.60. The molecule has 0 amide bonds. The average Bonchev–Trinajstić information content (AvgIpc) is 0.698. The number of hydrogen-bond donors (Lipinski definition) is 0. The number of aryl methyl sites for hydroxylation is 14. The summed E-state index contributed by atoms with van der Waals surface area (Å²) in [5.41, 5.74) is 44.4. The van der Waals surface area contributed by atoms with E-state index in [2.05, 4.69) is 425 Å². The minimum atomic E-state index is -0.0319. The van der Waals surface area contributed by atoms with Crippen LogP contribution in [0.15, 0.2) is 267 Å². The highest BCUT2D eigenvalue weighted by atomic mass is 14.9. The van der Waals surface area contributed by atoms with Crippen molar-refractivity contribution in [1.82, 2.24) is 0 Å². The van der Waals surface area contributed by atoms with Crippen LogP contribution in [-0.2, 0) is 75.5 Å². The van der Waals surface area contributed by atoms with Crippen LogP contribution in [0.3, 0.4) is 0 Å². The molecule has 12 aromatic carbocycles. The summed E-state index contributed by atoms with van der Waals surface area (Å²) in [7, 11) is 8.63. The van der Waals surface area contributed by atoms with Gasteiger partial charge in [0.25, 0.3) is 0 Å². The predicted molar refractivity (Wildman–Crippen MR) is 489 cm³/mol. The van der Waals surface area contributed by atoms with Crippen molar-refractivity contribution in [2.24, 2.45) is 28.2 Å². The molecule has 576 valence electrons. The smallest absolute Gasteiger partial charge is 0.201 e. The summed E-state index contributed by atoms with van der Waals surface area (Å²) < 4.78 is 9.06. The Morgan fingerprint density at radius 1 is 0.233 bits per heavy atom. The Labute approximate surface area is 689 Å². The van der Waals surface area contributed by atoms with Gasteiger partial charge in [0, 0.05) is 59.4 Å². The largest absolute Gasteiger partial charge is 0.213 e. The number of aromatic nitrogens is 4. The second-order valence-corrected chi connectivity index (χ2v) is 36.4. The van der Waals surface area contributed by atoms with Gasteiger partial charge in [0.15, 0.2) is 24.8 Å². The van der Waals surface area contributed by atoms with E-state index in [9.17, 15) is 0 Å². The molecular formula is C112H112N4+4. The van der Waals surface area contributed by atoms with Crippen molar-refractivity contribution in [1.29, 1.82) is 0 Å². The fourth-order valence-corrected chi connectivity index (χ4v) is 20.2. The van der Waals surface area contributed by atoms with E-state index in [4.69, 9.17) is 0 Å². The zero-order chi connectivity index (χ0) is 81.3. The molecule has 0 aliphatic heterocycles. The average molecular weight is 1510 g/mol. The first-order valence-electron chi connectivity index (χ1n) is 42.0. The summed E-state index contributed by atoms with van der Waals surface area (Å²) in [5.74, 6) is 0. The molecule has 0 saturated heterocycles. The van der Waals surface area contributed by atoms with Crippen LogP contribution in [-0.4, -0.2) is 0 Å². The molecule has 0 radical (unpaired) electrons. The molecule has 4 heterocycles. The van der Waals surface area contributed by atoms with Gasteiger partial charge in [0.05, 0.1) is 22.3 Å². The maximum atomic E-state index is 2.43. The van der Waals surface area contributed by atoms with Crippen LogP contribution in [0, 0.1) is 55.4 Å². The fourth-order valence-electron chi connectivity index (χ4n) is 20.2. The normalized spacial score (nSPS) is 14.5. The third-order valence-corrected chi connectivity index (χ3v) is 28.0. The van der Waals surface area contributed by atoms with E-state index in [1.54, 1.807) is 0 Å². The van der Waals surface area contributed by atoms with E-state index in [1.807, 2.05) is 0 Å². The van der Waals surface area contributed by atoms with E-state index in [0.717, 1.165) is 25.7 Å². The van der Waals surface area contributed by atoms with Gasteiger partial charge in [-0.15, -0.1) is 0 Å². The Bertz CT molecular complexity index is 6690. The third-order valence-electron chi connectivity index (χ3n) is 28.0. The van der Waals surface area contributed by atoms with E-state index in [-0.39, 0.29) is 21.7 Å². The van der Waals surface area contributed by atoms with Gasteiger partial charge in [-0.2, -0.15) is 0 Å². The first-order valence-corrected chi connectivity index (χ1v) is 42.0. The van der Waals surface area contributed by atoms with E-state index in [1.165, 1.54) is 222 Å². The van der Waals surface area contributed by atoms with E-state index < -0.39 is 0 Å². The first kappa shape index (κ1) is 76.9. The minimum Gasteiger partial charge on any atom is -0.201 e. The van der Waals surface area contributed by atoms with Gasteiger partial charge >= 0.3 is 0 Å². The maximum absolute atomic E-state index is 2.43. The predicted octanol–water partition coefficient (Wildman–Crippen LogP) is 25.8. The van der Waals surface area contributed by atoms with Crippen LogP contribution in [0.4, 0.5) is 0 Å². The van der Waals surface area contributed by atoms with Crippen molar-refractivity contribution >= 4 is 43.1 Å². The van der Waals surface area contributed by atoms with Gasteiger partial charge in [-0.25, -0.2) is 18.3 Å². The lowest BCUT2D eigenvalue weighted by molar-refractivity contribution is -0.660. The van der Waals surface area contributed by atoms with Gasteiger partial charge in [0.2, 0.25) is 22.8 Å². The van der Waals surface area contributed by atoms with Gasteiger partial charge in [0.1, 0.15) is 28.2 Å². The molecule has 4 aromatic heterocycles. The highest BCUT2D eigenvalue weighted by molar-refractivity contribution is 6.04.